The molecule has 0 amide bonds. The topological polar surface area (TPSA) is 51.2 Å². The highest BCUT2D eigenvalue weighted by Crippen LogP contribution is 2.20. The molecule has 2 aromatic rings. The zero-order chi connectivity index (χ0) is 14.5. The summed E-state index contributed by atoms with van der Waals surface area (Å²) in [6.45, 7) is 4.71. The predicted octanol–water partition coefficient (Wildman–Crippen LogP) is 3.09. The van der Waals surface area contributed by atoms with E-state index in [0.29, 0.717) is 12.1 Å². The average molecular weight is 290 g/mol. The molecule has 0 saturated heterocycles. The van der Waals surface area contributed by atoms with Gasteiger partial charge in [0, 0.05) is 17.6 Å². The van der Waals surface area contributed by atoms with Crippen molar-refractivity contribution >= 4 is 17.3 Å². The molecule has 1 aromatic heterocycles. The largest absolute Gasteiger partial charge is 0.465 e. The third kappa shape index (κ3) is 3.43. The normalized spacial score (nSPS) is 12.2. The summed E-state index contributed by atoms with van der Waals surface area (Å²) < 4.78 is 4.79. The zero-order valence-electron chi connectivity index (χ0n) is 11.8. The maximum Gasteiger partial charge on any atom is 0.338 e. The Labute approximate surface area is 122 Å². The van der Waals surface area contributed by atoms with E-state index in [-0.39, 0.29) is 12.0 Å². The third-order valence-electron chi connectivity index (χ3n) is 3.03. The monoisotopic (exact) mass is 290 g/mol. The Hall–Kier alpha value is -1.72. The van der Waals surface area contributed by atoms with Crippen molar-refractivity contribution in [3.63, 3.8) is 0 Å². The van der Waals surface area contributed by atoms with Crippen molar-refractivity contribution in [2.45, 2.75) is 26.4 Å². The van der Waals surface area contributed by atoms with E-state index in [9.17, 15) is 4.79 Å². The Kier molecular flexibility index (Phi) is 4.87. The van der Waals surface area contributed by atoms with E-state index in [4.69, 9.17) is 4.74 Å². The number of nitrogens with zero attached hydrogens (tertiary/aromatic N) is 1. The molecule has 0 fully saturated rings. The molecule has 0 aliphatic carbocycles. The summed E-state index contributed by atoms with van der Waals surface area (Å²) >= 11 is 1.68. The predicted molar refractivity (Wildman–Crippen MR) is 79.9 cm³/mol. The lowest BCUT2D eigenvalue weighted by Crippen LogP contribution is -2.19. The van der Waals surface area contributed by atoms with Crippen molar-refractivity contribution in [1.29, 1.82) is 0 Å². The van der Waals surface area contributed by atoms with Gasteiger partial charge < -0.3 is 10.1 Å². The third-order valence-corrected chi connectivity index (χ3v) is 4.13. The molecule has 106 valence electrons. The Morgan fingerprint density at radius 3 is 2.85 bits per heavy atom. The van der Waals surface area contributed by atoms with Crippen molar-refractivity contribution in [2.75, 3.05) is 7.11 Å². The summed E-state index contributed by atoms with van der Waals surface area (Å²) in [6.07, 6.45) is 1.88. The van der Waals surface area contributed by atoms with Crippen LogP contribution in [0.4, 0.5) is 0 Å². The summed E-state index contributed by atoms with van der Waals surface area (Å²) in [5, 5.41) is 4.44. The molecule has 20 heavy (non-hydrogen) atoms. The van der Waals surface area contributed by atoms with E-state index in [2.05, 4.69) is 17.2 Å². The maximum atomic E-state index is 11.7. The minimum absolute atomic E-state index is 0.152. The molecule has 1 aromatic carbocycles. The van der Waals surface area contributed by atoms with Crippen LogP contribution in [0.2, 0.25) is 0 Å². The number of thiazole rings is 1. The van der Waals surface area contributed by atoms with Gasteiger partial charge in [0.15, 0.2) is 0 Å². The quantitative estimate of drug-likeness (QED) is 0.860. The summed E-state index contributed by atoms with van der Waals surface area (Å²) in [5.74, 6) is -0.305. The van der Waals surface area contributed by atoms with Gasteiger partial charge in [0.1, 0.15) is 5.01 Å². The van der Waals surface area contributed by atoms with E-state index in [1.807, 2.05) is 31.3 Å². The maximum absolute atomic E-state index is 11.7. The molecule has 4 nitrogen and oxygen atoms in total. The number of aryl methyl sites for hydroxylation is 1. The molecular weight excluding hydrogens is 272 g/mol. The van der Waals surface area contributed by atoms with Crippen molar-refractivity contribution in [3.8, 4) is 0 Å². The van der Waals surface area contributed by atoms with Crippen molar-refractivity contribution < 1.29 is 9.53 Å². The number of aromatic nitrogens is 1. The number of carbonyl (C=O) groups is 1. The lowest BCUT2D eigenvalue weighted by Gasteiger charge is -2.13. The minimum atomic E-state index is -0.305. The Morgan fingerprint density at radius 1 is 1.45 bits per heavy atom. The van der Waals surface area contributed by atoms with Crippen LogP contribution in [0.25, 0.3) is 0 Å². The molecule has 1 N–H and O–H groups in total. The first-order valence-electron chi connectivity index (χ1n) is 6.43. The van der Waals surface area contributed by atoms with Crippen LogP contribution in [0.15, 0.2) is 30.5 Å². The van der Waals surface area contributed by atoms with Gasteiger partial charge in [-0.05, 0) is 25.5 Å². The fraction of sp³-hybridized carbons (Fsp3) is 0.333. The van der Waals surface area contributed by atoms with Crippen LogP contribution < -0.4 is 5.32 Å². The van der Waals surface area contributed by atoms with Gasteiger partial charge in [0.05, 0.1) is 18.7 Å². The van der Waals surface area contributed by atoms with Crippen LogP contribution in [-0.4, -0.2) is 18.1 Å². The van der Waals surface area contributed by atoms with E-state index in [1.54, 1.807) is 17.4 Å². The molecule has 0 radical (unpaired) electrons. The van der Waals surface area contributed by atoms with Crippen LogP contribution in [0.5, 0.6) is 0 Å². The molecular formula is C15H18N2O2S. The van der Waals surface area contributed by atoms with Gasteiger partial charge >= 0.3 is 5.97 Å². The van der Waals surface area contributed by atoms with E-state index >= 15 is 0 Å². The highest BCUT2D eigenvalue weighted by Gasteiger charge is 2.13. The second kappa shape index (κ2) is 6.63. The lowest BCUT2D eigenvalue weighted by molar-refractivity contribution is 0.0599. The molecule has 1 heterocycles. The lowest BCUT2D eigenvalue weighted by atomic mass is 10.1. The number of hydrogen-bond donors (Lipinski definition) is 1. The van der Waals surface area contributed by atoms with Crippen LogP contribution >= 0.6 is 11.3 Å². The number of carbonyl (C=O) groups excluding carboxylic acids is 1. The number of benzene rings is 1. The number of methoxy groups -OCH3 is 1. The molecule has 2 rings (SSSR count). The second-order valence-electron chi connectivity index (χ2n) is 4.56. The molecule has 0 bridgehead atoms. The number of hydrogen-bond acceptors (Lipinski definition) is 5. The SMILES string of the molecule is COC(=O)c1ccccc1CNC(C)c1ncc(C)s1. The van der Waals surface area contributed by atoms with Crippen LogP contribution in [0.1, 0.15) is 38.8 Å². The van der Waals surface area contributed by atoms with Gasteiger partial charge in [0.2, 0.25) is 0 Å². The number of esters is 1. The Balaban J connectivity index is 2.05. The summed E-state index contributed by atoms with van der Waals surface area (Å²) in [5.41, 5.74) is 1.53. The van der Waals surface area contributed by atoms with Crippen LogP contribution in [-0.2, 0) is 11.3 Å². The van der Waals surface area contributed by atoms with Crippen molar-refractivity contribution in [2.24, 2.45) is 0 Å². The summed E-state index contributed by atoms with van der Waals surface area (Å²) in [6, 6.07) is 7.62. The first-order valence-corrected chi connectivity index (χ1v) is 7.25. The second-order valence-corrected chi connectivity index (χ2v) is 5.83. The molecule has 5 heteroatoms. The average Bonchev–Trinajstić information content (AvgIpc) is 2.91. The number of rotatable bonds is 5. The molecule has 0 aliphatic heterocycles. The highest BCUT2D eigenvalue weighted by molar-refractivity contribution is 7.11. The molecule has 0 aliphatic rings. The van der Waals surface area contributed by atoms with Crippen molar-refractivity contribution in [3.05, 3.63) is 51.5 Å². The fourth-order valence-electron chi connectivity index (χ4n) is 1.91. The van der Waals surface area contributed by atoms with Gasteiger partial charge in [0.25, 0.3) is 0 Å². The molecule has 0 saturated carbocycles. The smallest absolute Gasteiger partial charge is 0.338 e. The van der Waals surface area contributed by atoms with E-state index < -0.39 is 0 Å². The van der Waals surface area contributed by atoms with Gasteiger partial charge in [-0.15, -0.1) is 11.3 Å². The first kappa shape index (κ1) is 14.7. The summed E-state index contributed by atoms with van der Waals surface area (Å²) in [4.78, 5) is 17.3. The molecule has 0 spiro atoms. The van der Waals surface area contributed by atoms with Gasteiger partial charge in [-0.3, -0.25) is 0 Å². The first-order chi connectivity index (χ1) is 9.61. The van der Waals surface area contributed by atoms with Gasteiger partial charge in [-0.2, -0.15) is 0 Å². The fourth-order valence-corrected chi connectivity index (χ4v) is 2.71. The molecule has 1 atom stereocenters. The standard InChI is InChI=1S/C15H18N2O2S/c1-10-8-17-14(20-10)11(2)16-9-12-6-4-5-7-13(12)15(18)19-3/h4-8,11,16H,9H2,1-3H3. The highest BCUT2D eigenvalue weighted by atomic mass is 32.1. The van der Waals surface area contributed by atoms with E-state index in [0.717, 1.165) is 10.6 Å². The molecule has 1 unspecified atom stereocenters. The summed E-state index contributed by atoms with van der Waals surface area (Å²) in [7, 11) is 1.40. The van der Waals surface area contributed by atoms with Gasteiger partial charge in [-0.1, -0.05) is 18.2 Å². The van der Waals surface area contributed by atoms with Crippen LogP contribution in [0.3, 0.4) is 0 Å². The van der Waals surface area contributed by atoms with Crippen molar-refractivity contribution in [1.82, 2.24) is 10.3 Å². The number of ether oxygens (including phenoxy) is 1. The van der Waals surface area contributed by atoms with Gasteiger partial charge in [-0.25, -0.2) is 9.78 Å². The van der Waals surface area contributed by atoms with E-state index in [1.165, 1.54) is 12.0 Å². The zero-order valence-corrected chi connectivity index (χ0v) is 12.7. The van der Waals surface area contributed by atoms with Crippen LogP contribution in [0, 0.1) is 6.92 Å². The Bertz CT molecular complexity index is 595. The Morgan fingerprint density at radius 2 is 2.20 bits per heavy atom. The minimum Gasteiger partial charge on any atom is -0.465 e. The number of nitrogens with one attached hydrogen (secondary N) is 1.